The van der Waals surface area contributed by atoms with Gasteiger partial charge in [0, 0.05) is 38.3 Å². The van der Waals surface area contributed by atoms with Crippen LogP contribution in [-0.2, 0) is 0 Å². The van der Waals surface area contributed by atoms with Crippen molar-refractivity contribution in [3.63, 3.8) is 0 Å². The first-order valence-electron chi connectivity index (χ1n) is 7.86. The van der Waals surface area contributed by atoms with Crippen molar-refractivity contribution in [2.24, 2.45) is 0 Å². The first-order valence-corrected chi connectivity index (χ1v) is 7.86. The zero-order valence-corrected chi connectivity index (χ0v) is 12.5. The Balaban J connectivity index is 1.54. The highest BCUT2D eigenvalue weighted by molar-refractivity contribution is 5.88. The Bertz CT molecular complexity index is 626. The zero-order valence-electron chi connectivity index (χ0n) is 12.5. The molecule has 21 heavy (non-hydrogen) atoms. The number of aromatic nitrogens is 1. The third kappa shape index (κ3) is 2.30. The molecule has 2 aliphatic rings. The predicted molar refractivity (Wildman–Crippen MR) is 83.7 cm³/mol. The second kappa shape index (κ2) is 5.31. The molecule has 4 rings (SSSR count). The highest BCUT2D eigenvalue weighted by atomic mass is 16.5. The number of nitrogens with zero attached hydrogens (tertiary/aromatic N) is 3. The standard InChI is InChI=1S/C16H22N4O/c1-17-12-6-7-13-11-20(9-8-19(13)10-12)16-14-4-2-3-5-15(14)21-18-16/h2-5,12-13,17H,6-11H2,1H3. The van der Waals surface area contributed by atoms with Gasteiger partial charge >= 0.3 is 0 Å². The molecule has 2 unspecified atom stereocenters. The summed E-state index contributed by atoms with van der Waals surface area (Å²) >= 11 is 0. The van der Waals surface area contributed by atoms with Crippen molar-refractivity contribution in [2.45, 2.75) is 24.9 Å². The summed E-state index contributed by atoms with van der Waals surface area (Å²) in [6.45, 7) is 4.38. The molecule has 5 heteroatoms. The number of likely N-dealkylation sites (N-methyl/N-ethyl adjacent to an activating group) is 1. The van der Waals surface area contributed by atoms with Gasteiger partial charge in [-0.15, -0.1) is 0 Å². The maximum Gasteiger partial charge on any atom is 0.180 e. The Morgan fingerprint density at radius 2 is 2.10 bits per heavy atom. The van der Waals surface area contributed by atoms with E-state index in [1.54, 1.807) is 0 Å². The van der Waals surface area contributed by atoms with Crippen LogP contribution in [0.3, 0.4) is 0 Å². The Kier molecular flexibility index (Phi) is 3.31. The van der Waals surface area contributed by atoms with E-state index < -0.39 is 0 Å². The molecular formula is C16H22N4O. The second-order valence-electron chi connectivity index (χ2n) is 6.16. The summed E-state index contributed by atoms with van der Waals surface area (Å²) in [5, 5.41) is 8.86. The van der Waals surface area contributed by atoms with Gasteiger partial charge in [0.25, 0.3) is 0 Å². The number of piperidine rings is 1. The highest BCUT2D eigenvalue weighted by Crippen LogP contribution is 2.29. The number of benzene rings is 1. The van der Waals surface area contributed by atoms with Crippen LogP contribution in [0.4, 0.5) is 5.82 Å². The molecule has 3 heterocycles. The van der Waals surface area contributed by atoms with E-state index in [2.05, 4.69) is 39.5 Å². The number of hydrogen-bond donors (Lipinski definition) is 1. The maximum absolute atomic E-state index is 5.46. The van der Waals surface area contributed by atoms with Crippen molar-refractivity contribution >= 4 is 16.8 Å². The first kappa shape index (κ1) is 13.1. The SMILES string of the molecule is CNC1CCC2CN(c3noc4ccccc34)CCN2C1. The molecule has 0 radical (unpaired) electrons. The van der Waals surface area contributed by atoms with Crippen molar-refractivity contribution in [3.8, 4) is 0 Å². The van der Waals surface area contributed by atoms with Crippen molar-refractivity contribution in [1.82, 2.24) is 15.4 Å². The molecule has 1 N–H and O–H groups in total. The molecule has 0 saturated carbocycles. The van der Waals surface area contributed by atoms with E-state index in [1.165, 1.54) is 19.4 Å². The first-order chi connectivity index (χ1) is 10.3. The van der Waals surface area contributed by atoms with Crippen LogP contribution >= 0.6 is 0 Å². The summed E-state index contributed by atoms with van der Waals surface area (Å²) in [5.74, 6) is 1.01. The van der Waals surface area contributed by atoms with Crippen molar-refractivity contribution in [3.05, 3.63) is 24.3 Å². The molecule has 2 fully saturated rings. The summed E-state index contributed by atoms with van der Waals surface area (Å²) < 4.78 is 5.46. The molecule has 0 bridgehead atoms. The van der Waals surface area contributed by atoms with Gasteiger partial charge in [0.15, 0.2) is 11.4 Å². The zero-order chi connectivity index (χ0) is 14.2. The number of nitrogens with one attached hydrogen (secondary N) is 1. The number of para-hydroxylation sites is 1. The Morgan fingerprint density at radius 1 is 1.19 bits per heavy atom. The van der Waals surface area contributed by atoms with E-state index in [9.17, 15) is 0 Å². The fraction of sp³-hybridized carbons (Fsp3) is 0.562. The van der Waals surface area contributed by atoms with Gasteiger partial charge in [-0.2, -0.15) is 0 Å². The van der Waals surface area contributed by atoms with E-state index >= 15 is 0 Å². The smallest absolute Gasteiger partial charge is 0.180 e. The van der Waals surface area contributed by atoms with Gasteiger partial charge in [-0.1, -0.05) is 17.3 Å². The number of anilines is 1. The van der Waals surface area contributed by atoms with Crippen LogP contribution in [0.5, 0.6) is 0 Å². The van der Waals surface area contributed by atoms with Crippen LogP contribution in [0.1, 0.15) is 12.8 Å². The molecule has 112 valence electrons. The van der Waals surface area contributed by atoms with Crippen molar-refractivity contribution < 1.29 is 4.52 Å². The predicted octanol–water partition coefficient (Wildman–Crippen LogP) is 1.70. The molecule has 5 nitrogen and oxygen atoms in total. The molecule has 0 spiro atoms. The monoisotopic (exact) mass is 286 g/mol. The van der Waals surface area contributed by atoms with Crippen LogP contribution in [0.15, 0.2) is 28.8 Å². The maximum atomic E-state index is 5.46. The van der Waals surface area contributed by atoms with E-state index in [4.69, 9.17) is 4.52 Å². The molecule has 0 aliphatic carbocycles. The largest absolute Gasteiger partial charge is 0.354 e. The molecule has 1 aromatic carbocycles. The highest BCUT2D eigenvalue weighted by Gasteiger charge is 2.33. The molecule has 2 saturated heterocycles. The number of hydrogen-bond acceptors (Lipinski definition) is 5. The lowest BCUT2D eigenvalue weighted by atomic mass is 9.96. The topological polar surface area (TPSA) is 44.5 Å². The van der Waals surface area contributed by atoms with Gasteiger partial charge in [0.05, 0.1) is 5.39 Å². The Morgan fingerprint density at radius 3 is 3.00 bits per heavy atom. The molecule has 2 aromatic rings. The minimum atomic E-state index is 0.652. The third-order valence-electron chi connectivity index (χ3n) is 4.97. The van der Waals surface area contributed by atoms with Gasteiger partial charge in [-0.3, -0.25) is 4.90 Å². The molecule has 1 aromatic heterocycles. The van der Waals surface area contributed by atoms with Crippen LogP contribution in [-0.4, -0.2) is 55.4 Å². The fourth-order valence-electron chi connectivity index (χ4n) is 3.70. The number of rotatable bonds is 2. The normalized spacial score (nSPS) is 27.0. The van der Waals surface area contributed by atoms with E-state index in [-0.39, 0.29) is 0 Å². The lowest BCUT2D eigenvalue weighted by Crippen LogP contribution is -2.59. The molecule has 2 atom stereocenters. The number of piperazine rings is 1. The molecular weight excluding hydrogens is 264 g/mol. The summed E-state index contributed by atoms with van der Waals surface area (Å²) in [6.07, 6.45) is 2.53. The third-order valence-corrected chi connectivity index (χ3v) is 4.97. The lowest BCUT2D eigenvalue weighted by molar-refractivity contribution is 0.111. The van der Waals surface area contributed by atoms with Crippen LogP contribution in [0, 0.1) is 0 Å². The van der Waals surface area contributed by atoms with Gasteiger partial charge in [-0.25, -0.2) is 0 Å². The summed E-state index contributed by atoms with van der Waals surface area (Å²) in [7, 11) is 2.07. The quantitative estimate of drug-likeness (QED) is 0.910. The summed E-state index contributed by atoms with van der Waals surface area (Å²) in [6, 6.07) is 9.44. The average Bonchev–Trinajstić information content (AvgIpc) is 2.98. The second-order valence-corrected chi connectivity index (χ2v) is 6.16. The summed E-state index contributed by atoms with van der Waals surface area (Å²) in [5.41, 5.74) is 0.883. The lowest BCUT2D eigenvalue weighted by Gasteiger charge is -2.46. The van der Waals surface area contributed by atoms with Crippen molar-refractivity contribution in [2.75, 3.05) is 38.1 Å². The average molecular weight is 286 g/mol. The van der Waals surface area contributed by atoms with E-state index in [0.29, 0.717) is 12.1 Å². The van der Waals surface area contributed by atoms with Gasteiger partial charge in [0.1, 0.15) is 0 Å². The minimum Gasteiger partial charge on any atom is -0.354 e. The van der Waals surface area contributed by atoms with Gasteiger partial charge in [-0.05, 0) is 32.0 Å². The summed E-state index contributed by atoms with van der Waals surface area (Å²) in [4.78, 5) is 5.02. The number of fused-ring (bicyclic) bond motifs is 2. The minimum absolute atomic E-state index is 0.652. The van der Waals surface area contributed by atoms with E-state index in [0.717, 1.165) is 36.4 Å². The van der Waals surface area contributed by atoms with E-state index in [1.807, 2.05) is 12.1 Å². The Labute approximate surface area is 124 Å². The van der Waals surface area contributed by atoms with Gasteiger partial charge in [0.2, 0.25) is 0 Å². The van der Waals surface area contributed by atoms with Gasteiger partial charge < -0.3 is 14.7 Å². The van der Waals surface area contributed by atoms with Crippen molar-refractivity contribution in [1.29, 1.82) is 0 Å². The Hall–Kier alpha value is -1.59. The molecule has 2 aliphatic heterocycles. The van der Waals surface area contributed by atoms with Crippen LogP contribution < -0.4 is 10.2 Å². The van der Waals surface area contributed by atoms with Crippen LogP contribution in [0.25, 0.3) is 11.0 Å². The molecule has 0 amide bonds. The van der Waals surface area contributed by atoms with Crippen LogP contribution in [0.2, 0.25) is 0 Å². The fourth-order valence-corrected chi connectivity index (χ4v) is 3.70.